The first-order valence-electron chi connectivity index (χ1n) is 10.5. The first kappa shape index (κ1) is 19.3. The third-order valence-electron chi connectivity index (χ3n) is 5.82. The van der Waals surface area contributed by atoms with Crippen molar-refractivity contribution in [1.29, 1.82) is 0 Å². The Hall–Kier alpha value is -3.67. The highest BCUT2D eigenvalue weighted by Crippen LogP contribution is 2.44. The number of ether oxygens (including phenoxy) is 2. The molecule has 0 unspecified atom stereocenters. The summed E-state index contributed by atoms with van der Waals surface area (Å²) in [7, 11) is 0. The molecule has 2 N–H and O–H groups in total. The molecule has 1 aliphatic rings. The summed E-state index contributed by atoms with van der Waals surface area (Å²) in [5.74, 6) is 1.91. The Morgan fingerprint density at radius 2 is 2.00 bits per heavy atom. The largest absolute Gasteiger partial charge is 0.467 e. The normalized spacial score (nSPS) is 13.5. The van der Waals surface area contributed by atoms with E-state index in [-0.39, 0.29) is 25.0 Å². The molecule has 0 spiro atoms. The minimum absolute atomic E-state index is 0.0566. The maximum Gasteiger partial charge on any atom is 0.231 e. The molecule has 0 saturated carbocycles. The number of para-hydroxylation sites is 2. The quantitative estimate of drug-likeness (QED) is 0.450. The molecule has 0 radical (unpaired) electrons. The molecule has 0 bridgehead atoms. The predicted molar refractivity (Wildman–Crippen MR) is 117 cm³/mol. The lowest BCUT2D eigenvalue weighted by Crippen LogP contribution is -2.24. The molecule has 6 heteroatoms. The molecule has 4 aromatic rings. The molecule has 5 rings (SSSR count). The van der Waals surface area contributed by atoms with Crippen LogP contribution < -0.4 is 14.8 Å². The molecule has 2 aromatic heterocycles. The third kappa shape index (κ3) is 3.65. The van der Waals surface area contributed by atoms with Crippen LogP contribution in [0.15, 0.2) is 65.4 Å². The number of furan rings is 1. The summed E-state index contributed by atoms with van der Waals surface area (Å²) >= 11 is 0. The van der Waals surface area contributed by atoms with E-state index >= 15 is 0 Å². The van der Waals surface area contributed by atoms with Gasteiger partial charge in [-0.2, -0.15) is 0 Å². The number of H-pyrrole nitrogens is 1. The van der Waals surface area contributed by atoms with E-state index in [9.17, 15) is 4.79 Å². The second kappa shape index (κ2) is 8.22. The average Bonchev–Trinajstić information content (AvgIpc) is 3.56. The number of benzene rings is 2. The monoisotopic (exact) mass is 416 g/mol. The zero-order valence-corrected chi connectivity index (χ0v) is 17.3. The van der Waals surface area contributed by atoms with Crippen molar-refractivity contribution < 1.29 is 18.7 Å². The second-order valence-electron chi connectivity index (χ2n) is 7.63. The van der Waals surface area contributed by atoms with Gasteiger partial charge in [-0.15, -0.1) is 0 Å². The van der Waals surface area contributed by atoms with Crippen LogP contribution in [0.5, 0.6) is 11.5 Å². The van der Waals surface area contributed by atoms with E-state index in [1.165, 1.54) is 5.56 Å². The van der Waals surface area contributed by atoms with Gasteiger partial charge in [-0.05, 0) is 35.7 Å². The lowest BCUT2D eigenvalue weighted by Gasteiger charge is -2.19. The average molecular weight is 416 g/mol. The van der Waals surface area contributed by atoms with Crippen LogP contribution in [0.25, 0.3) is 10.9 Å². The van der Waals surface area contributed by atoms with Crippen LogP contribution >= 0.6 is 0 Å². The van der Waals surface area contributed by atoms with E-state index in [0.717, 1.165) is 34.2 Å². The van der Waals surface area contributed by atoms with Gasteiger partial charge in [0, 0.05) is 35.0 Å². The molecule has 158 valence electrons. The Morgan fingerprint density at radius 3 is 2.84 bits per heavy atom. The maximum absolute atomic E-state index is 12.9. The van der Waals surface area contributed by atoms with Crippen LogP contribution in [0.2, 0.25) is 0 Å². The number of rotatable bonds is 7. The molecule has 0 fully saturated rings. The summed E-state index contributed by atoms with van der Waals surface area (Å²) in [6, 6.07) is 15.8. The van der Waals surface area contributed by atoms with Crippen molar-refractivity contribution in [2.45, 2.75) is 32.2 Å². The van der Waals surface area contributed by atoms with Crippen molar-refractivity contribution in [3.63, 3.8) is 0 Å². The van der Waals surface area contributed by atoms with Gasteiger partial charge in [0.15, 0.2) is 11.5 Å². The van der Waals surface area contributed by atoms with Crippen LogP contribution in [0, 0.1) is 0 Å². The lowest BCUT2D eigenvalue weighted by atomic mass is 9.86. The minimum atomic E-state index is -0.186. The summed E-state index contributed by atoms with van der Waals surface area (Å²) in [6.45, 7) is 2.70. The zero-order chi connectivity index (χ0) is 21.2. The van der Waals surface area contributed by atoms with E-state index in [2.05, 4.69) is 35.4 Å². The minimum Gasteiger partial charge on any atom is -0.467 e. The van der Waals surface area contributed by atoms with E-state index in [4.69, 9.17) is 13.9 Å². The van der Waals surface area contributed by atoms with Crippen molar-refractivity contribution in [2.24, 2.45) is 0 Å². The van der Waals surface area contributed by atoms with Gasteiger partial charge in [-0.25, -0.2) is 0 Å². The Balaban J connectivity index is 1.52. The number of aromatic amines is 1. The van der Waals surface area contributed by atoms with Gasteiger partial charge in [0.05, 0.1) is 12.8 Å². The van der Waals surface area contributed by atoms with E-state index in [1.807, 2.05) is 36.5 Å². The number of amides is 1. The van der Waals surface area contributed by atoms with Gasteiger partial charge in [-0.3, -0.25) is 4.79 Å². The Bertz CT molecular complexity index is 1210. The van der Waals surface area contributed by atoms with Crippen molar-refractivity contribution in [2.75, 3.05) is 6.79 Å². The van der Waals surface area contributed by atoms with Crippen molar-refractivity contribution in [1.82, 2.24) is 10.3 Å². The Kier molecular flexibility index (Phi) is 5.12. The summed E-state index contributed by atoms with van der Waals surface area (Å²) < 4.78 is 16.7. The van der Waals surface area contributed by atoms with Gasteiger partial charge in [0.25, 0.3) is 0 Å². The standard InChI is InChI=1S/C25H24N2O4/c1-2-16-6-3-8-18-21(14-27-24(16)18)20(12-23(28)26-13-17-7-5-11-29-17)19-9-4-10-22-25(19)31-15-30-22/h3-11,14,20,27H,2,12-13,15H2,1H3,(H,26,28)/t20-/m0/s1. The predicted octanol–water partition coefficient (Wildman–Crippen LogP) is 4.89. The van der Waals surface area contributed by atoms with Crippen LogP contribution in [-0.2, 0) is 17.8 Å². The van der Waals surface area contributed by atoms with Crippen molar-refractivity contribution >= 4 is 16.8 Å². The maximum atomic E-state index is 12.9. The Labute approximate surface area is 180 Å². The summed E-state index contributed by atoms with van der Waals surface area (Å²) in [5.41, 5.74) is 4.39. The Morgan fingerprint density at radius 1 is 1.10 bits per heavy atom. The van der Waals surface area contributed by atoms with E-state index in [0.29, 0.717) is 18.0 Å². The smallest absolute Gasteiger partial charge is 0.231 e. The lowest BCUT2D eigenvalue weighted by molar-refractivity contribution is -0.121. The first-order chi connectivity index (χ1) is 15.2. The number of carbonyl (C=O) groups excluding carboxylic acids is 1. The van der Waals surface area contributed by atoms with Gasteiger partial charge in [0.1, 0.15) is 5.76 Å². The SMILES string of the molecule is CCc1cccc2c([C@@H](CC(=O)NCc3ccco3)c3cccc4c3OCO4)c[nH]c12. The molecule has 3 heterocycles. The highest BCUT2D eigenvalue weighted by molar-refractivity contribution is 5.88. The fourth-order valence-electron chi connectivity index (χ4n) is 4.29. The molecule has 0 aliphatic carbocycles. The fraction of sp³-hybridized carbons (Fsp3) is 0.240. The van der Waals surface area contributed by atoms with Gasteiger partial charge >= 0.3 is 0 Å². The van der Waals surface area contributed by atoms with Crippen LogP contribution in [-0.4, -0.2) is 17.7 Å². The third-order valence-corrected chi connectivity index (χ3v) is 5.82. The number of aromatic nitrogens is 1. The summed E-state index contributed by atoms with van der Waals surface area (Å²) in [5, 5.41) is 4.10. The molecule has 31 heavy (non-hydrogen) atoms. The highest BCUT2D eigenvalue weighted by Gasteiger charge is 2.28. The van der Waals surface area contributed by atoms with Crippen molar-refractivity contribution in [3.8, 4) is 11.5 Å². The summed E-state index contributed by atoms with van der Waals surface area (Å²) in [6.07, 6.45) is 4.84. The number of nitrogens with one attached hydrogen (secondary N) is 2. The fourth-order valence-corrected chi connectivity index (χ4v) is 4.29. The van der Waals surface area contributed by atoms with E-state index in [1.54, 1.807) is 6.26 Å². The summed E-state index contributed by atoms with van der Waals surface area (Å²) in [4.78, 5) is 16.4. The second-order valence-corrected chi connectivity index (χ2v) is 7.63. The van der Waals surface area contributed by atoms with Crippen LogP contribution in [0.3, 0.4) is 0 Å². The molecular formula is C25H24N2O4. The molecule has 1 aliphatic heterocycles. The number of hydrogen-bond acceptors (Lipinski definition) is 4. The number of aryl methyl sites for hydroxylation is 1. The van der Waals surface area contributed by atoms with Crippen LogP contribution in [0.4, 0.5) is 0 Å². The van der Waals surface area contributed by atoms with E-state index < -0.39 is 0 Å². The van der Waals surface area contributed by atoms with Gasteiger partial charge in [0.2, 0.25) is 12.7 Å². The van der Waals surface area contributed by atoms with Crippen LogP contribution in [0.1, 0.15) is 41.7 Å². The number of carbonyl (C=O) groups is 1. The molecule has 1 atom stereocenters. The topological polar surface area (TPSA) is 76.5 Å². The molecule has 0 saturated heterocycles. The van der Waals surface area contributed by atoms with Crippen molar-refractivity contribution in [3.05, 3.63) is 83.4 Å². The molecule has 2 aromatic carbocycles. The first-order valence-corrected chi connectivity index (χ1v) is 10.5. The molecule has 6 nitrogen and oxygen atoms in total. The highest BCUT2D eigenvalue weighted by atomic mass is 16.7. The van der Waals surface area contributed by atoms with Gasteiger partial charge in [-0.1, -0.05) is 37.3 Å². The molecular weight excluding hydrogens is 392 g/mol. The molecule has 1 amide bonds. The van der Waals surface area contributed by atoms with Gasteiger partial charge < -0.3 is 24.2 Å². The number of hydrogen-bond donors (Lipinski definition) is 2. The number of fused-ring (bicyclic) bond motifs is 2. The zero-order valence-electron chi connectivity index (χ0n) is 17.3.